The molecule has 0 radical (unpaired) electrons. The average Bonchev–Trinajstić information content (AvgIpc) is 2.81. The van der Waals surface area contributed by atoms with Gasteiger partial charge in [-0.2, -0.15) is 0 Å². The highest BCUT2D eigenvalue weighted by Crippen LogP contribution is 2.20. The first kappa shape index (κ1) is 20.3. The van der Waals surface area contributed by atoms with Gasteiger partial charge >= 0.3 is 0 Å². The van der Waals surface area contributed by atoms with E-state index in [0.29, 0.717) is 23.5 Å². The third kappa shape index (κ3) is 4.78. The largest absolute Gasteiger partial charge is 0.588 e. The number of carbonyl (C=O) groups excluding carboxylic acids is 1. The number of rotatable bonds is 5. The van der Waals surface area contributed by atoms with Crippen LogP contribution in [-0.2, 0) is 11.4 Å². The van der Waals surface area contributed by atoms with Crippen LogP contribution in [0.2, 0.25) is 0 Å². The van der Waals surface area contributed by atoms with Crippen LogP contribution in [0.1, 0.15) is 15.9 Å². The van der Waals surface area contributed by atoms with Crippen LogP contribution in [0.3, 0.4) is 0 Å². The lowest BCUT2D eigenvalue weighted by molar-refractivity contribution is 0.0746. The maximum absolute atomic E-state index is 13.0. The van der Waals surface area contributed by atoms with E-state index in [0.717, 1.165) is 24.3 Å². The number of anilines is 2. The number of aryl methyl sites for hydroxylation is 1. The molecule has 1 N–H and O–H groups in total. The van der Waals surface area contributed by atoms with Gasteiger partial charge < -0.3 is 14.4 Å². The second-order valence-corrected chi connectivity index (χ2v) is 8.59. The lowest BCUT2D eigenvalue weighted by atomic mass is 10.1. The van der Waals surface area contributed by atoms with Crippen molar-refractivity contribution in [2.75, 3.05) is 35.8 Å². The van der Waals surface area contributed by atoms with E-state index in [1.807, 2.05) is 54.3 Å². The summed E-state index contributed by atoms with van der Waals surface area (Å²) in [5.41, 5.74) is 3.68. The molecule has 1 aliphatic rings. The lowest BCUT2D eigenvalue weighted by Crippen LogP contribution is -2.48. The molecular weight excluding hydrogens is 394 g/mol. The molecule has 4 rings (SSSR count). The third-order valence-corrected chi connectivity index (χ3v) is 6.35. The van der Waals surface area contributed by atoms with E-state index in [2.05, 4.69) is 21.8 Å². The maximum atomic E-state index is 13.0. The van der Waals surface area contributed by atoms with Gasteiger partial charge in [0.2, 0.25) is 0 Å². The Morgan fingerprint density at radius 1 is 0.900 bits per heavy atom. The van der Waals surface area contributed by atoms with Crippen molar-refractivity contribution in [1.29, 1.82) is 0 Å². The Kier molecular flexibility index (Phi) is 6.26. The summed E-state index contributed by atoms with van der Waals surface area (Å²) in [5.74, 6) is -0.0168. The second kappa shape index (κ2) is 9.24. The van der Waals surface area contributed by atoms with Gasteiger partial charge in [-0.15, -0.1) is 0 Å². The summed E-state index contributed by atoms with van der Waals surface area (Å²) in [6.07, 6.45) is 0. The fourth-order valence-corrected chi connectivity index (χ4v) is 4.43. The number of nitrogens with zero attached hydrogens (tertiary/aromatic N) is 2. The topological polar surface area (TPSA) is 58.6 Å². The van der Waals surface area contributed by atoms with Crippen molar-refractivity contribution >= 4 is 28.6 Å². The molecule has 1 amide bonds. The molecule has 0 saturated carbocycles. The van der Waals surface area contributed by atoms with Gasteiger partial charge in [-0.1, -0.05) is 42.0 Å². The smallest absolute Gasteiger partial charge is 0.254 e. The molecule has 3 aromatic rings. The Labute approximate surface area is 180 Å². The summed E-state index contributed by atoms with van der Waals surface area (Å²) in [4.78, 5) is 17.8. The molecular formula is C24H25N3O2S. The first-order valence-corrected chi connectivity index (χ1v) is 11.2. The molecule has 5 nitrogen and oxygen atoms in total. The van der Waals surface area contributed by atoms with E-state index in [9.17, 15) is 9.35 Å². The van der Waals surface area contributed by atoms with Crippen LogP contribution in [0.25, 0.3) is 0 Å². The number of nitrogens with one attached hydrogen (secondary N) is 1. The molecule has 1 fully saturated rings. The molecule has 1 saturated heterocycles. The minimum Gasteiger partial charge on any atom is -0.588 e. The normalized spacial score (nSPS) is 15.0. The minimum absolute atomic E-state index is 0.0168. The monoisotopic (exact) mass is 419 g/mol. The van der Waals surface area contributed by atoms with Gasteiger partial charge in [-0.3, -0.25) is 4.79 Å². The zero-order valence-corrected chi connectivity index (χ0v) is 17.8. The van der Waals surface area contributed by atoms with Gasteiger partial charge in [0.1, 0.15) is 11.4 Å². The van der Waals surface area contributed by atoms with Crippen LogP contribution in [0.5, 0.6) is 0 Å². The van der Waals surface area contributed by atoms with Gasteiger partial charge in [0.15, 0.2) is 4.90 Å². The Morgan fingerprint density at radius 3 is 2.30 bits per heavy atom. The van der Waals surface area contributed by atoms with Crippen LogP contribution in [0, 0.1) is 6.92 Å². The summed E-state index contributed by atoms with van der Waals surface area (Å²) in [5, 5.41) is 0. The van der Waals surface area contributed by atoms with E-state index < -0.39 is 11.4 Å². The molecule has 154 valence electrons. The predicted octanol–water partition coefficient (Wildman–Crippen LogP) is 4.09. The lowest BCUT2D eigenvalue weighted by Gasteiger charge is -2.36. The van der Waals surface area contributed by atoms with Gasteiger partial charge in [0.05, 0.1) is 5.69 Å². The fourth-order valence-electron chi connectivity index (χ4n) is 3.52. The first-order valence-electron chi connectivity index (χ1n) is 10.0. The Bertz CT molecular complexity index is 987. The minimum atomic E-state index is -1.43. The average molecular weight is 420 g/mol. The van der Waals surface area contributed by atoms with Crippen molar-refractivity contribution in [3.8, 4) is 0 Å². The number of para-hydroxylation sites is 1. The maximum Gasteiger partial charge on any atom is 0.254 e. The van der Waals surface area contributed by atoms with Gasteiger partial charge in [-0.05, 0) is 43.3 Å². The predicted molar refractivity (Wildman–Crippen MR) is 122 cm³/mol. The van der Waals surface area contributed by atoms with E-state index in [-0.39, 0.29) is 5.91 Å². The van der Waals surface area contributed by atoms with Gasteiger partial charge in [0, 0.05) is 43.5 Å². The molecule has 0 bridgehead atoms. The van der Waals surface area contributed by atoms with Crippen molar-refractivity contribution in [3.63, 3.8) is 0 Å². The highest BCUT2D eigenvalue weighted by atomic mass is 32.2. The van der Waals surface area contributed by atoms with E-state index in [1.54, 1.807) is 24.3 Å². The number of amides is 1. The third-order valence-electron chi connectivity index (χ3n) is 5.25. The number of carbonyl (C=O) groups is 1. The molecule has 1 atom stereocenters. The van der Waals surface area contributed by atoms with E-state index in [1.165, 1.54) is 5.69 Å². The first-order chi connectivity index (χ1) is 14.6. The van der Waals surface area contributed by atoms with Gasteiger partial charge in [0.25, 0.3) is 5.91 Å². The summed E-state index contributed by atoms with van der Waals surface area (Å²) < 4.78 is 15.7. The summed E-state index contributed by atoms with van der Waals surface area (Å²) in [7, 11) is 0. The molecule has 0 aromatic heterocycles. The molecule has 1 unspecified atom stereocenters. The zero-order valence-electron chi connectivity index (χ0n) is 17.0. The van der Waals surface area contributed by atoms with Crippen molar-refractivity contribution in [3.05, 3.63) is 90.0 Å². The van der Waals surface area contributed by atoms with Crippen LogP contribution >= 0.6 is 0 Å². The van der Waals surface area contributed by atoms with Crippen LogP contribution < -0.4 is 9.62 Å². The Balaban J connectivity index is 1.39. The molecule has 0 aliphatic carbocycles. The number of hydrogen-bond donors (Lipinski definition) is 1. The molecule has 6 heteroatoms. The van der Waals surface area contributed by atoms with Crippen molar-refractivity contribution in [2.24, 2.45) is 0 Å². The SMILES string of the molecule is Cc1ccc(N[S+]([O-])c2cccc(C(=O)N3CCN(c4ccccc4)CC3)c2)cc1. The second-order valence-electron chi connectivity index (χ2n) is 7.38. The van der Waals surface area contributed by atoms with E-state index in [4.69, 9.17) is 0 Å². The fraction of sp³-hybridized carbons (Fsp3) is 0.208. The van der Waals surface area contributed by atoms with Crippen LogP contribution in [-0.4, -0.2) is 41.5 Å². The number of hydrogen-bond acceptors (Lipinski definition) is 4. The summed E-state index contributed by atoms with van der Waals surface area (Å²) in [6.45, 7) is 4.95. The zero-order chi connectivity index (χ0) is 20.9. The summed E-state index contributed by atoms with van der Waals surface area (Å²) >= 11 is -1.43. The van der Waals surface area contributed by atoms with Crippen molar-refractivity contribution in [2.45, 2.75) is 11.8 Å². The molecule has 30 heavy (non-hydrogen) atoms. The highest BCUT2D eigenvalue weighted by Gasteiger charge is 2.23. The number of benzene rings is 3. The Morgan fingerprint density at radius 2 is 1.60 bits per heavy atom. The molecule has 3 aromatic carbocycles. The van der Waals surface area contributed by atoms with Crippen molar-refractivity contribution < 1.29 is 9.35 Å². The standard InChI is InChI=1S/C24H25N3O2S/c1-19-10-12-21(13-11-19)25-30(29)23-9-5-6-20(18-23)24(28)27-16-14-26(15-17-27)22-7-3-2-4-8-22/h2-13,18,25H,14-17H2,1H3. The van der Waals surface area contributed by atoms with Crippen LogP contribution in [0.4, 0.5) is 11.4 Å². The molecule has 0 spiro atoms. The molecule has 1 aliphatic heterocycles. The van der Waals surface area contributed by atoms with Crippen molar-refractivity contribution in [1.82, 2.24) is 4.90 Å². The Hall–Kier alpha value is -2.96. The molecule has 1 heterocycles. The highest BCUT2D eigenvalue weighted by molar-refractivity contribution is 7.92. The quantitative estimate of drug-likeness (QED) is 0.633. The van der Waals surface area contributed by atoms with Crippen LogP contribution in [0.15, 0.2) is 83.8 Å². The van der Waals surface area contributed by atoms with Gasteiger partial charge in [-0.25, -0.2) is 4.72 Å². The number of piperazine rings is 1. The summed E-state index contributed by atoms with van der Waals surface area (Å²) in [6, 6.07) is 25.1. The van der Waals surface area contributed by atoms with E-state index >= 15 is 0 Å².